The predicted octanol–water partition coefficient (Wildman–Crippen LogP) is 6.36. The number of imidazole rings is 1. The summed E-state index contributed by atoms with van der Waals surface area (Å²) in [4.78, 5) is 17.0. The van der Waals surface area contributed by atoms with Crippen molar-refractivity contribution >= 4 is 28.5 Å². The highest BCUT2D eigenvalue weighted by Crippen LogP contribution is 2.22. The van der Waals surface area contributed by atoms with Crippen molar-refractivity contribution in [1.29, 1.82) is 0 Å². The maximum atomic E-state index is 13.0. The molecule has 4 aromatic rings. The van der Waals surface area contributed by atoms with Gasteiger partial charge in [0.25, 0.3) is 5.91 Å². The third-order valence-corrected chi connectivity index (χ3v) is 6.34. The number of nitrogens with zero attached hydrogens (tertiary/aromatic N) is 2. The van der Waals surface area contributed by atoms with Gasteiger partial charge in [-0.25, -0.2) is 9.37 Å². The lowest BCUT2D eigenvalue weighted by Gasteiger charge is -2.12. The normalized spacial score (nSPS) is 11.1. The third kappa shape index (κ3) is 6.61. The molecule has 5 nitrogen and oxygen atoms in total. The van der Waals surface area contributed by atoms with Crippen LogP contribution in [0.2, 0.25) is 5.02 Å². The van der Waals surface area contributed by atoms with Crippen LogP contribution in [0.1, 0.15) is 41.0 Å². The number of hydrogen-bond donors (Lipinski definition) is 1. The molecule has 0 saturated heterocycles. The average molecular weight is 494 g/mol. The second-order valence-corrected chi connectivity index (χ2v) is 8.91. The van der Waals surface area contributed by atoms with Crippen molar-refractivity contribution in [3.05, 3.63) is 94.5 Å². The molecule has 0 atom stereocenters. The number of aryl methyl sites for hydroxylation is 2. The number of aromatic nitrogens is 2. The van der Waals surface area contributed by atoms with Gasteiger partial charge in [0.05, 0.1) is 17.6 Å². The molecule has 7 heteroatoms. The van der Waals surface area contributed by atoms with Gasteiger partial charge < -0.3 is 14.6 Å². The lowest BCUT2D eigenvalue weighted by Crippen LogP contribution is -2.24. The Kier molecular flexibility index (Phi) is 8.37. The largest absolute Gasteiger partial charge is 0.492 e. The second-order valence-electron chi connectivity index (χ2n) is 8.50. The average Bonchev–Trinajstić information content (AvgIpc) is 3.21. The molecule has 0 spiro atoms. The first kappa shape index (κ1) is 24.7. The molecule has 1 aromatic heterocycles. The van der Waals surface area contributed by atoms with Gasteiger partial charge in [0, 0.05) is 23.6 Å². The van der Waals surface area contributed by atoms with E-state index in [1.165, 1.54) is 24.3 Å². The molecule has 1 amide bonds. The van der Waals surface area contributed by atoms with E-state index in [2.05, 4.69) is 16.0 Å². The summed E-state index contributed by atoms with van der Waals surface area (Å²) in [6.45, 7) is 3.78. The Morgan fingerprint density at radius 1 is 1.06 bits per heavy atom. The first-order valence-corrected chi connectivity index (χ1v) is 12.3. The smallest absolute Gasteiger partial charge is 0.251 e. The van der Waals surface area contributed by atoms with Gasteiger partial charge >= 0.3 is 0 Å². The van der Waals surface area contributed by atoms with Crippen molar-refractivity contribution < 1.29 is 13.9 Å². The molecule has 35 heavy (non-hydrogen) atoms. The zero-order chi connectivity index (χ0) is 24.6. The molecule has 0 radical (unpaired) electrons. The molecule has 0 aliphatic carbocycles. The molecule has 182 valence electrons. The number of carbonyl (C=O) groups is 1. The van der Waals surface area contributed by atoms with Crippen LogP contribution in [0.5, 0.6) is 5.75 Å². The van der Waals surface area contributed by atoms with Gasteiger partial charge in [-0.15, -0.1) is 0 Å². The fraction of sp³-hybridized carbons (Fsp3) is 0.286. The van der Waals surface area contributed by atoms with Crippen LogP contribution in [0.3, 0.4) is 0 Å². The van der Waals surface area contributed by atoms with E-state index in [0.29, 0.717) is 25.3 Å². The monoisotopic (exact) mass is 493 g/mol. The van der Waals surface area contributed by atoms with Crippen molar-refractivity contribution in [3.63, 3.8) is 0 Å². The van der Waals surface area contributed by atoms with Crippen LogP contribution in [-0.4, -0.2) is 28.6 Å². The molecule has 1 heterocycles. The van der Waals surface area contributed by atoms with Crippen LogP contribution in [-0.2, 0) is 13.0 Å². The minimum absolute atomic E-state index is 0.178. The van der Waals surface area contributed by atoms with Crippen LogP contribution in [0, 0.1) is 12.7 Å². The quantitative estimate of drug-likeness (QED) is 0.247. The summed E-state index contributed by atoms with van der Waals surface area (Å²) in [5, 5.41) is 3.63. The molecule has 3 aromatic carbocycles. The first-order chi connectivity index (χ1) is 17.0. The molecular formula is C28H29ClFN3O2. The van der Waals surface area contributed by atoms with Gasteiger partial charge in [0.15, 0.2) is 0 Å². The van der Waals surface area contributed by atoms with E-state index in [-0.39, 0.29) is 11.7 Å². The van der Waals surface area contributed by atoms with Crippen molar-refractivity contribution in [2.24, 2.45) is 0 Å². The molecule has 0 unspecified atom stereocenters. The van der Waals surface area contributed by atoms with E-state index in [9.17, 15) is 9.18 Å². The molecule has 0 bridgehead atoms. The van der Waals surface area contributed by atoms with Crippen LogP contribution in [0.4, 0.5) is 4.39 Å². The van der Waals surface area contributed by atoms with E-state index >= 15 is 0 Å². The standard InChI is InChI=1S/C28H29ClFN3O2/c1-20-19-23(14-15-24(20)29)35-18-17-33-26-8-5-4-7-25(26)32-27(33)9-3-2-6-16-31-28(34)21-10-12-22(30)13-11-21/h4-5,7-8,10-15,19H,2-3,6,9,16-18H2,1H3,(H,31,34). The molecule has 1 N–H and O–H groups in total. The number of hydrogen-bond acceptors (Lipinski definition) is 3. The zero-order valence-corrected chi connectivity index (χ0v) is 20.5. The van der Waals surface area contributed by atoms with Gasteiger partial charge in [-0.1, -0.05) is 30.2 Å². The number of fused-ring (bicyclic) bond motifs is 1. The summed E-state index contributed by atoms with van der Waals surface area (Å²) in [5.74, 6) is 1.32. The Morgan fingerprint density at radius 2 is 1.86 bits per heavy atom. The van der Waals surface area contributed by atoms with Crippen LogP contribution >= 0.6 is 11.6 Å². The Labute approximate surface area is 209 Å². The fourth-order valence-corrected chi connectivity index (χ4v) is 4.14. The highest BCUT2D eigenvalue weighted by atomic mass is 35.5. The Bertz CT molecular complexity index is 1290. The minimum Gasteiger partial charge on any atom is -0.492 e. The SMILES string of the molecule is Cc1cc(OCCn2c(CCCCCNC(=O)c3ccc(F)cc3)nc3ccccc32)ccc1Cl. The van der Waals surface area contributed by atoms with E-state index in [1.54, 1.807) is 0 Å². The predicted molar refractivity (Wildman–Crippen MR) is 138 cm³/mol. The highest BCUT2D eigenvalue weighted by molar-refractivity contribution is 6.31. The maximum absolute atomic E-state index is 13.0. The Hall–Kier alpha value is -3.38. The van der Waals surface area contributed by atoms with E-state index in [0.717, 1.165) is 58.9 Å². The third-order valence-electron chi connectivity index (χ3n) is 5.92. The van der Waals surface area contributed by atoms with Crippen molar-refractivity contribution in [1.82, 2.24) is 14.9 Å². The van der Waals surface area contributed by atoms with Gasteiger partial charge in [0.1, 0.15) is 24.0 Å². The van der Waals surface area contributed by atoms with Crippen molar-refractivity contribution in [2.75, 3.05) is 13.2 Å². The number of nitrogens with one attached hydrogen (secondary N) is 1. The maximum Gasteiger partial charge on any atom is 0.251 e. The highest BCUT2D eigenvalue weighted by Gasteiger charge is 2.11. The fourth-order valence-electron chi connectivity index (χ4n) is 4.02. The lowest BCUT2D eigenvalue weighted by molar-refractivity contribution is 0.0953. The zero-order valence-electron chi connectivity index (χ0n) is 19.8. The van der Waals surface area contributed by atoms with E-state index in [1.807, 2.05) is 43.3 Å². The van der Waals surface area contributed by atoms with Gasteiger partial charge in [-0.2, -0.15) is 0 Å². The molecule has 0 aliphatic heterocycles. The number of benzene rings is 3. The summed E-state index contributed by atoms with van der Waals surface area (Å²) in [6, 6.07) is 19.4. The number of unbranched alkanes of at least 4 members (excludes halogenated alkanes) is 2. The molecule has 0 fully saturated rings. The summed E-state index contributed by atoms with van der Waals surface area (Å²) >= 11 is 6.11. The topological polar surface area (TPSA) is 56.1 Å². The Morgan fingerprint density at radius 3 is 2.66 bits per heavy atom. The number of amides is 1. The van der Waals surface area contributed by atoms with Crippen molar-refractivity contribution in [3.8, 4) is 5.75 Å². The Balaban J connectivity index is 1.27. The van der Waals surface area contributed by atoms with E-state index < -0.39 is 0 Å². The summed E-state index contributed by atoms with van der Waals surface area (Å²) in [5.41, 5.74) is 3.55. The molecular weight excluding hydrogens is 465 g/mol. The number of rotatable bonds is 11. The minimum atomic E-state index is -0.348. The van der Waals surface area contributed by atoms with Crippen molar-refractivity contribution in [2.45, 2.75) is 39.2 Å². The lowest BCUT2D eigenvalue weighted by atomic mass is 10.1. The summed E-state index contributed by atoms with van der Waals surface area (Å²) in [7, 11) is 0. The van der Waals surface area contributed by atoms with Crippen LogP contribution in [0.15, 0.2) is 66.7 Å². The van der Waals surface area contributed by atoms with Crippen LogP contribution < -0.4 is 10.1 Å². The second kappa shape index (κ2) is 11.8. The number of halogens is 2. The number of ether oxygens (including phenoxy) is 1. The van der Waals surface area contributed by atoms with Crippen LogP contribution in [0.25, 0.3) is 11.0 Å². The molecule has 0 saturated carbocycles. The van der Waals surface area contributed by atoms with Gasteiger partial charge in [-0.3, -0.25) is 4.79 Å². The van der Waals surface area contributed by atoms with E-state index in [4.69, 9.17) is 21.3 Å². The van der Waals surface area contributed by atoms with Gasteiger partial charge in [0.2, 0.25) is 0 Å². The number of carbonyl (C=O) groups excluding carboxylic acids is 1. The molecule has 0 aliphatic rings. The first-order valence-electron chi connectivity index (χ1n) is 11.9. The summed E-state index contributed by atoms with van der Waals surface area (Å²) < 4.78 is 21.2. The van der Waals surface area contributed by atoms with Gasteiger partial charge in [-0.05, 0) is 79.9 Å². The number of para-hydroxylation sites is 2. The molecule has 4 rings (SSSR count). The summed E-state index contributed by atoms with van der Waals surface area (Å²) in [6.07, 6.45) is 3.65.